The van der Waals surface area contributed by atoms with E-state index in [4.69, 9.17) is 4.74 Å². The molecule has 0 spiro atoms. The fraction of sp³-hybridized carbons (Fsp3) is 0.421. The number of nitrogens with zero attached hydrogens (tertiary/aromatic N) is 1. The van der Waals surface area contributed by atoms with Crippen molar-refractivity contribution in [2.75, 3.05) is 20.2 Å². The van der Waals surface area contributed by atoms with E-state index in [1.807, 2.05) is 50.2 Å². The van der Waals surface area contributed by atoms with Crippen LogP contribution in [0.15, 0.2) is 36.4 Å². The molecule has 0 unspecified atom stereocenters. The number of amides is 1. The molecule has 0 aromatic heterocycles. The van der Waals surface area contributed by atoms with Crippen LogP contribution in [0.5, 0.6) is 5.75 Å². The molecule has 0 aliphatic rings. The minimum atomic E-state index is -3.84. The quantitative estimate of drug-likeness (QED) is 0.766. The number of hydrogen-bond acceptors (Lipinski definition) is 4. The summed E-state index contributed by atoms with van der Waals surface area (Å²) in [4.78, 5) is 11.9. The molecule has 6 nitrogen and oxygen atoms in total. The third-order valence-corrected chi connectivity index (χ3v) is 5.63. The summed E-state index contributed by atoms with van der Waals surface area (Å²) >= 11 is 0. The molecule has 2 aromatic rings. The molecule has 7 heteroatoms. The van der Waals surface area contributed by atoms with Crippen molar-refractivity contribution in [1.29, 1.82) is 0 Å². The van der Waals surface area contributed by atoms with Gasteiger partial charge in [0, 0.05) is 20.0 Å². The Hall–Kier alpha value is -2.12. The number of rotatable bonds is 8. The second kappa shape index (κ2) is 8.51. The number of nitrogens with one attached hydrogen (secondary N) is 1. The smallest absolute Gasteiger partial charge is 0.303 e. The molecule has 1 amide bonds. The largest absolute Gasteiger partial charge is 0.497 e. The second-order valence-electron chi connectivity index (χ2n) is 6.59. The molecule has 0 radical (unpaired) electrons. The third kappa shape index (κ3) is 4.95. The van der Waals surface area contributed by atoms with Gasteiger partial charge in [-0.25, -0.2) is 4.31 Å². The van der Waals surface area contributed by atoms with Crippen LogP contribution in [0.2, 0.25) is 0 Å². The van der Waals surface area contributed by atoms with Gasteiger partial charge in [0.2, 0.25) is 5.91 Å². The minimum absolute atomic E-state index is 0.0824. The van der Waals surface area contributed by atoms with Crippen LogP contribution in [0, 0.1) is 5.92 Å². The average Bonchev–Trinajstić information content (AvgIpc) is 2.59. The molecule has 0 bridgehead atoms. The van der Waals surface area contributed by atoms with Crippen LogP contribution in [-0.4, -0.2) is 38.8 Å². The van der Waals surface area contributed by atoms with Crippen LogP contribution in [0.1, 0.15) is 26.3 Å². The lowest BCUT2D eigenvalue weighted by Crippen LogP contribution is -2.45. The zero-order chi connectivity index (χ0) is 19.3. The van der Waals surface area contributed by atoms with E-state index in [1.54, 1.807) is 7.11 Å². The summed E-state index contributed by atoms with van der Waals surface area (Å²) in [6.07, 6.45) is 0.423. The Morgan fingerprint density at radius 2 is 1.96 bits per heavy atom. The van der Waals surface area contributed by atoms with Crippen LogP contribution in [0.25, 0.3) is 10.8 Å². The van der Waals surface area contributed by atoms with Gasteiger partial charge in [0.1, 0.15) is 5.75 Å². The highest BCUT2D eigenvalue weighted by Crippen LogP contribution is 2.24. The lowest BCUT2D eigenvalue weighted by Gasteiger charge is -2.22. The van der Waals surface area contributed by atoms with E-state index in [2.05, 4.69) is 4.72 Å². The van der Waals surface area contributed by atoms with Gasteiger partial charge < -0.3 is 4.74 Å². The Bertz CT molecular complexity index is 878. The van der Waals surface area contributed by atoms with Gasteiger partial charge >= 0.3 is 10.2 Å². The van der Waals surface area contributed by atoms with E-state index in [-0.39, 0.29) is 19.0 Å². The van der Waals surface area contributed by atoms with Crippen LogP contribution in [-0.2, 0) is 21.4 Å². The maximum Gasteiger partial charge on any atom is 0.303 e. The van der Waals surface area contributed by atoms with Crippen molar-refractivity contribution in [1.82, 2.24) is 9.03 Å². The zero-order valence-electron chi connectivity index (χ0n) is 15.7. The molecule has 1 N–H and O–H groups in total. The molecule has 0 atom stereocenters. The van der Waals surface area contributed by atoms with Crippen molar-refractivity contribution < 1.29 is 17.9 Å². The summed E-state index contributed by atoms with van der Waals surface area (Å²) in [6, 6.07) is 11.6. The summed E-state index contributed by atoms with van der Waals surface area (Å²) in [5, 5.41) is 2.03. The summed E-state index contributed by atoms with van der Waals surface area (Å²) in [7, 11) is -2.24. The Balaban J connectivity index is 2.24. The molecule has 0 heterocycles. The molecule has 142 valence electrons. The van der Waals surface area contributed by atoms with Gasteiger partial charge in [-0.15, -0.1) is 0 Å². The fourth-order valence-electron chi connectivity index (χ4n) is 2.68. The van der Waals surface area contributed by atoms with Gasteiger partial charge in [0.25, 0.3) is 0 Å². The number of fused-ring (bicyclic) bond motifs is 1. The van der Waals surface area contributed by atoms with E-state index in [0.717, 1.165) is 26.4 Å². The molecule has 2 rings (SSSR count). The monoisotopic (exact) mass is 378 g/mol. The molecular weight excluding hydrogens is 352 g/mol. The summed E-state index contributed by atoms with van der Waals surface area (Å²) in [6.45, 7) is 5.45. The van der Waals surface area contributed by atoms with Crippen LogP contribution < -0.4 is 9.46 Å². The topological polar surface area (TPSA) is 75.7 Å². The molecule has 0 aliphatic carbocycles. The fourth-order valence-corrected chi connectivity index (χ4v) is 4.05. The second-order valence-corrected chi connectivity index (χ2v) is 8.27. The maximum atomic E-state index is 12.4. The third-order valence-electron chi connectivity index (χ3n) is 4.08. The molecule has 26 heavy (non-hydrogen) atoms. The summed E-state index contributed by atoms with van der Waals surface area (Å²) < 4.78 is 33.5. The molecule has 0 saturated heterocycles. The van der Waals surface area contributed by atoms with Gasteiger partial charge in [0.05, 0.1) is 7.11 Å². The normalized spacial score (nSPS) is 11.7. The van der Waals surface area contributed by atoms with Crippen LogP contribution >= 0.6 is 0 Å². The van der Waals surface area contributed by atoms with Gasteiger partial charge in [0.15, 0.2) is 0 Å². The number of carbonyl (C=O) groups excluding carboxylic acids is 1. The average molecular weight is 378 g/mol. The number of ether oxygens (including phenoxy) is 1. The highest BCUT2D eigenvalue weighted by Gasteiger charge is 2.24. The van der Waals surface area contributed by atoms with Gasteiger partial charge in [-0.3, -0.25) is 4.79 Å². The first kappa shape index (κ1) is 20.2. The predicted molar refractivity (Wildman–Crippen MR) is 103 cm³/mol. The Labute approximate surface area is 155 Å². The van der Waals surface area contributed by atoms with E-state index in [1.165, 1.54) is 6.92 Å². The first-order valence-corrected chi connectivity index (χ1v) is 10.0. The number of hydrogen-bond donors (Lipinski definition) is 1. The molecule has 0 fully saturated rings. The Morgan fingerprint density at radius 3 is 2.58 bits per heavy atom. The van der Waals surface area contributed by atoms with E-state index in [9.17, 15) is 13.2 Å². The van der Waals surface area contributed by atoms with Gasteiger partial charge in [-0.1, -0.05) is 38.1 Å². The van der Waals surface area contributed by atoms with E-state index >= 15 is 0 Å². The van der Waals surface area contributed by atoms with Crippen molar-refractivity contribution in [2.45, 2.75) is 27.2 Å². The number of benzene rings is 2. The molecule has 0 aliphatic heterocycles. The van der Waals surface area contributed by atoms with Crippen molar-refractivity contribution in [3.63, 3.8) is 0 Å². The van der Waals surface area contributed by atoms with Crippen molar-refractivity contribution >= 4 is 26.9 Å². The van der Waals surface area contributed by atoms with Crippen LogP contribution in [0.4, 0.5) is 0 Å². The summed E-state index contributed by atoms with van der Waals surface area (Å²) in [5.74, 6) is 0.391. The first-order chi connectivity index (χ1) is 12.2. The molecule has 0 saturated carbocycles. The highest BCUT2D eigenvalue weighted by atomic mass is 32.2. The van der Waals surface area contributed by atoms with Crippen molar-refractivity contribution in [3.05, 3.63) is 42.0 Å². The number of methoxy groups -OCH3 is 1. The SMILES string of the molecule is COc1ccc2cccc(CCN(C(C)=O)S(=O)(=O)NCC(C)C)c2c1. The van der Waals surface area contributed by atoms with Crippen molar-refractivity contribution in [3.8, 4) is 5.75 Å². The lowest BCUT2D eigenvalue weighted by molar-refractivity contribution is -0.124. The zero-order valence-corrected chi connectivity index (χ0v) is 16.5. The molecular formula is C19H26N2O4S. The van der Waals surface area contributed by atoms with E-state index in [0.29, 0.717) is 6.42 Å². The predicted octanol–water partition coefficient (Wildman–Crippen LogP) is 2.73. The minimum Gasteiger partial charge on any atom is -0.497 e. The van der Waals surface area contributed by atoms with Crippen molar-refractivity contribution in [2.24, 2.45) is 5.92 Å². The highest BCUT2D eigenvalue weighted by molar-refractivity contribution is 7.87. The van der Waals surface area contributed by atoms with Gasteiger partial charge in [-0.05, 0) is 40.8 Å². The Kier molecular flexibility index (Phi) is 6.61. The number of carbonyl (C=O) groups is 1. The standard InChI is InChI=1S/C19H26N2O4S/c1-14(2)13-20-26(23,24)21(15(3)22)11-10-17-7-5-6-16-8-9-18(25-4)12-19(16)17/h5-9,12,14,20H,10-11,13H2,1-4H3. The summed E-state index contributed by atoms with van der Waals surface area (Å²) in [5.41, 5.74) is 0.965. The van der Waals surface area contributed by atoms with Crippen LogP contribution in [0.3, 0.4) is 0 Å². The van der Waals surface area contributed by atoms with Gasteiger partial charge in [-0.2, -0.15) is 13.1 Å². The van der Waals surface area contributed by atoms with E-state index < -0.39 is 16.1 Å². The maximum absolute atomic E-state index is 12.4. The first-order valence-electron chi connectivity index (χ1n) is 8.58. The molecule has 2 aromatic carbocycles. The lowest BCUT2D eigenvalue weighted by atomic mass is 10.0. The Morgan fingerprint density at radius 1 is 1.23 bits per heavy atom.